The number of hydrogen-bond acceptors (Lipinski definition) is 2. The Kier molecular flexibility index (Phi) is 2.33. The van der Waals surface area contributed by atoms with E-state index in [1.165, 1.54) is 16.6 Å². The highest BCUT2D eigenvalue weighted by Gasteiger charge is 2.18. The zero-order valence-corrected chi connectivity index (χ0v) is 9.19. The average molecular weight is 216 g/mol. The summed E-state index contributed by atoms with van der Waals surface area (Å²) in [6.45, 7) is 1.90. The number of H-pyrrole nitrogens is 1. The Balaban J connectivity index is 1.96. The molecule has 2 N–H and O–H groups in total. The number of aliphatic hydroxyl groups excluding tert-OH is 1. The SMILES string of the molecule is OC1CCN(c2cccc3[nH]ccc23)CC1. The second-order valence-corrected chi connectivity index (χ2v) is 4.43. The number of aromatic nitrogens is 1. The van der Waals surface area contributed by atoms with Crippen LogP contribution in [-0.2, 0) is 0 Å². The minimum absolute atomic E-state index is 0.110. The van der Waals surface area contributed by atoms with E-state index in [9.17, 15) is 5.11 Å². The van der Waals surface area contributed by atoms with Crippen molar-refractivity contribution in [2.45, 2.75) is 18.9 Å². The van der Waals surface area contributed by atoms with E-state index in [0.29, 0.717) is 0 Å². The molecule has 0 atom stereocenters. The molecule has 0 bridgehead atoms. The van der Waals surface area contributed by atoms with Gasteiger partial charge in [0.05, 0.1) is 6.10 Å². The van der Waals surface area contributed by atoms with Gasteiger partial charge in [-0.15, -0.1) is 0 Å². The van der Waals surface area contributed by atoms with Gasteiger partial charge in [-0.1, -0.05) is 6.07 Å². The van der Waals surface area contributed by atoms with Crippen molar-refractivity contribution in [1.29, 1.82) is 0 Å². The lowest BCUT2D eigenvalue weighted by Crippen LogP contribution is -2.35. The van der Waals surface area contributed by atoms with Gasteiger partial charge >= 0.3 is 0 Å². The maximum absolute atomic E-state index is 9.51. The van der Waals surface area contributed by atoms with Crippen molar-refractivity contribution in [3.8, 4) is 0 Å². The molecule has 0 radical (unpaired) electrons. The molecule has 0 amide bonds. The highest BCUT2D eigenvalue weighted by Crippen LogP contribution is 2.28. The molecule has 1 aliphatic rings. The Morgan fingerprint density at radius 2 is 2.00 bits per heavy atom. The van der Waals surface area contributed by atoms with Crippen LogP contribution in [-0.4, -0.2) is 29.3 Å². The van der Waals surface area contributed by atoms with Gasteiger partial charge in [-0.2, -0.15) is 0 Å². The van der Waals surface area contributed by atoms with Crippen LogP contribution in [0.3, 0.4) is 0 Å². The van der Waals surface area contributed by atoms with Crippen molar-refractivity contribution in [1.82, 2.24) is 4.98 Å². The predicted molar refractivity (Wildman–Crippen MR) is 65.8 cm³/mol. The lowest BCUT2D eigenvalue weighted by Gasteiger charge is -2.31. The summed E-state index contributed by atoms with van der Waals surface area (Å²) in [6, 6.07) is 8.46. The summed E-state index contributed by atoms with van der Waals surface area (Å²) in [5, 5.41) is 10.8. The average Bonchev–Trinajstić information content (AvgIpc) is 2.78. The van der Waals surface area contributed by atoms with Crippen LogP contribution in [0.2, 0.25) is 0 Å². The van der Waals surface area contributed by atoms with Crippen molar-refractivity contribution in [3.63, 3.8) is 0 Å². The van der Waals surface area contributed by atoms with E-state index < -0.39 is 0 Å². The van der Waals surface area contributed by atoms with Gasteiger partial charge in [0.1, 0.15) is 0 Å². The molecule has 16 heavy (non-hydrogen) atoms. The third-order valence-electron chi connectivity index (χ3n) is 3.38. The lowest BCUT2D eigenvalue weighted by atomic mass is 10.1. The first-order valence-corrected chi connectivity index (χ1v) is 5.84. The summed E-state index contributed by atoms with van der Waals surface area (Å²) < 4.78 is 0. The molecule has 1 aromatic heterocycles. The lowest BCUT2D eigenvalue weighted by molar-refractivity contribution is 0.145. The third-order valence-corrected chi connectivity index (χ3v) is 3.38. The topological polar surface area (TPSA) is 39.3 Å². The number of piperidine rings is 1. The number of fused-ring (bicyclic) bond motifs is 1. The van der Waals surface area contributed by atoms with Crippen LogP contribution in [0.4, 0.5) is 5.69 Å². The van der Waals surface area contributed by atoms with Crippen molar-refractivity contribution in [3.05, 3.63) is 30.5 Å². The molecule has 3 rings (SSSR count). The van der Waals surface area contributed by atoms with Crippen LogP contribution in [0.15, 0.2) is 30.5 Å². The third kappa shape index (κ3) is 1.57. The number of rotatable bonds is 1. The molecular formula is C13H16N2O. The maximum atomic E-state index is 9.51. The van der Waals surface area contributed by atoms with E-state index in [4.69, 9.17) is 0 Å². The van der Waals surface area contributed by atoms with Gasteiger partial charge in [0, 0.05) is 35.9 Å². The van der Waals surface area contributed by atoms with Gasteiger partial charge in [-0.25, -0.2) is 0 Å². The first-order chi connectivity index (χ1) is 7.84. The number of benzene rings is 1. The molecule has 3 heteroatoms. The Bertz CT molecular complexity index is 483. The second-order valence-electron chi connectivity index (χ2n) is 4.43. The van der Waals surface area contributed by atoms with Crippen LogP contribution in [0.5, 0.6) is 0 Å². The smallest absolute Gasteiger partial charge is 0.0574 e. The Morgan fingerprint density at radius 1 is 1.19 bits per heavy atom. The van der Waals surface area contributed by atoms with Gasteiger partial charge in [0.25, 0.3) is 0 Å². The molecule has 0 spiro atoms. The Labute approximate surface area is 94.7 Å². The van der Waals surface area contributed by atoms with Crippen molar-refractivity contribution in [2.75, 3.05) is 18.0 Å². The number of aromatic amines is 1. The zero-order valence-electron chi connectivity index (χ0n) is 9.19. The molecule has 2 heterocycles. The first-order valence-electron chi connectivity index (χ1n) is 5.84. The number of anilines is 1. The summed E-state index contributed by atoms with van der Waals surface area (Å²) in [5.74, 6) is 0. The van der Waals surface area contributed by atoms with E-state index in [0.717, 1.165) is 25.9 Å². The molecular weight excluding hydrogens is 200 g/mol. The fourth-order valence-corrected chi connectivity index (χ4v) is 2.45. The van der Waals surface area contributed by atoms with Crippen LogP contribution < -0.4 is 4.90 Å². The van der Waals surface area contributed by atoms with E-state index in [1.807, 2.05) is 6.20 Å². The normalized spacial score (nSPS) is 18.2. The monoisotopic (exact) mass is 216 g/mol. The molecule has 0 unspecified atom stereocenters. The Morgan fingerprint density at radius 3 is 2.81 bits per heavy atom. The van der Waals surface area contributed by atoms with Crippen LogP contribution >= 0.6 is 0 Å². The molecule has 1 fully saturated rings. The summed E-state index contributed by atoms with van der Waals surface area (Å²) in [4.78, 5) is 5.60. The molecule has 84 valence electrons. The van der Waals surface area contributed by atoms with Gasteiger partial charge in [0.15, 0.2) is 0 Å². The van der Waals surface area contributed by atoms with Gasteiger partial charge in [-0.05, 0) is 31.0 Å². The first kappa shape index (κ1) is 9.73. The van der Waals surface area contributed by atoms with Crippen LogP contribution in [0.1, 0.15) is 12.8 Å². The molecule has 1 aromatic carbocycles. The van der Waals surface area contributed by atoms with Crippen LogP contribution in [0.25, 0.3) is 10.9 Å². The van der Waals surface area contributed by atoms with Gasteiger partial charge in [-0.3, -0.25) is 0 Å². The molecule has 0 aliphatic carbocycles. The minimum Gasteiger partial charge on any atom is -0.393 e. The van der Waals surface area contributed by atoms with E-state index in [-0.39, 0.29) is 6.10 Å². The summed E-state index contributed by atoms with van der Waals surface area (Å²) in [6.07, 6.45) is 3.62. The zero-order chi connectivity index (χ0) is 11.0. The quantitative estimate of drug-likeness (QED) is 0.766. The van der Waals surface area contributed by atoms with Gasteiger partial charge in [0.2, 0.25) is 0 Å². The van der Waals surface area contributed by atoms with E-state index >= 15 is 0 Å². The fraction of sp³-hybridized carbons (Fsp3) is 0.385. The van der Waals surface area contributed by atoms with E-state index in [2.05, 4.69) is 34.1 Å². The largest absolute Gasteiger partial charge is 0.393 e. The minimum atomic E-state index is -0.110. The van der Waals surface area contributed by atoms with Crippen LogP contribution in [0, 0.1) is 0 Å². The predicted octanol–water partition coefficient (Wildman–Crippen LogP) is 2.13. The maximum Gasteiger partial charge on any atom is 0.0574 e. The molecule has 1 saturated heterocycles. The van der Waals surface area contributed by atoms with Crippen molar-refractivity contribution < 1.29 is 5.11 Å². The standard InChI is InChI=1S/C13H16N2O/c16-10-5-8-15(9-6-10)13-3-1-2-12-11(13)4-7-14-12/h1-4,7,10,14,16H,5-6,8-9H2. The van der Waals surface area contributed by atoms with Crippen molar-refractivity contribution >= 4 is 16.6 Å². The fourth-order valence-electron chi connectivity index (χ4n) is 2.45. The molecule has 1 aliphatic heterocycles. The highest BCUT2D eigenvalue weighted by atomic mass is 16.3. The molecule has 0 saturated carbocycles. The molecule has 3 nitrogen and oxygen atoms in total. The number of aliphatic hydroxyl groups is 1. The van der Waals surface area contributed by atoms with Crippen molar-refractivity contribution in [2.24, 2.45) is 0 Å². The Hall–Kier alpha value is -1.48. The van der Waals surface area contributed by atoms with E-state index in [1.54, 1.807) is 0 Å². The second kappa shape index (κ2) is 3.83. The highest BCUT2D eigenvalue weighted by molar-refractivity contribution is 5.92. The number of nitrogens with zero attached hydrogens (tertiary/aromatic N) is 1. The summed E-state index contributed by atoms with van der Waals surface area (Å²) in [7, 11) is 0. The summed E-state index contributed by atoms with van der Waals surface area (Å²) >= 11 is 0. The number of nitrogens with one attached hydrogen (secondary N) is 1. The molecule has 2 aromatic rings. The van der Waals surface area contributed by atoms with Gasteiger partial charge < -0.3 is 15.0 Å². The number of hydrogen-bond donors (Lipinski definition) is 2. The summed E-state index contributed by atoms with van der Waals surface area (Å²) in [5.41, 5.74) is 2.47.